The van der Waals surface area contributed by atoms with E-state index in [1.165, 1.54) is 18.3 Å². The molecule has 0 fully saturated rings. The average Bonchev–Trinajstić information content (AvgIpc) is 2.36. The molecule has 18 heavy (non-hydrogen) atoms. The van der Waals surface area contributed by atoms with Gasteiger partial charge in [0.05, 0.1) is 17.6 Å². The highest BCUT2D eigenvalue weighted by Gasteiger charge is 2.11. The minimum absolute atomic E-state index is 0.187. The lowest BCUT2D eigenvalue weighted by Crippen LogP contribution is -1.98. The molecular formula is C12H6F3N3. The summed E-state index contributed by atoms with van der Waals surface area (Å²) >= 11 is 0. The molecule has 1 heterocycles. The van der Waals surface area contributed by atoms with Gasteiger partial charge in [0.15, 0.2) is 11.6 Å². The number of nitriles is 1. The molecule has 90 valence electrons. The standard InChI is InChI=1S/C12H6F3N3/c13-7-3-10(14)12(15)11(4-7)18-9-2-1-8(5-16)17-6-9/h1-4,6,18H. The number of aromatic nitrogens is 1. The highest BCUT2D eigenvalue weighted by molar-refractivity contribution is 5.59. The second-order valence-corrected chi connectivity index (χ2v) is 3.42. The fourth-order valence-corrected chi connectivity index (χ4v) is 1.34. The third kappa shape index (κ3) is 2.40. The van der Waals surface area contributed by atoms with Crippen molar-refractivity contribution in [1.82, 2.24) is 4.98 Å². The van der Waals surface area contributed by atoms with Crippen molar-refractivity contribution >= 4 is 11.4 Å². The molecule has 3 nitrogen and oxygen atoms in total. The molecule has 1 N–H and O–H groups in total. The molecule has 0 saturated carbocycles. The van der Waals surface area contributed by atoms with Crippen molar-refractivity contribution in [1.29, 1.82) is 5.26 Å². The van der Waals surface area contributed by atoms with Crippen LogP contribution in [0.1, 0.15) is 5.69 Å². The second-order valence-electron chi connectivity index (χ2n) is 3.42. The lowest BCUT2D eigenvalue weighted by Gasteiger charge is -2.07. The van der Waals surface area contributed by atoms with Crippen LogP contribution < -0.4 is 5.32 Å². The second kappa shape index (κ2) is 4.75. The van der Waals surface area contributed by atoms with Gasteiger partial charge in [0.25, 0.3) is 0 Å². The predicted molar refractivity (Wildman–Crippen MR) is 58.6 cm³/mol. The Bertz CT molecular complexity index is 618. The predicted octanol–water partition coefficient (Wildman–Crippen LogP) is 3.11. The lowest BCUT2D eigenvalue weighted by molar-refractivity contribution is 0.498. The maximum atomic E-state index is 13.3. The Balaban J connectivity index is 2.31. The number of anilines is 2. The van der Waals surface area contributed by atoms with Gasteiger partial charge in [0.2, 0.25) is 0 Å². The van der Waals surface area contributed by atoms with E-state index >= 15 is 0 Å². The topological polar surface area (TPSA) is 48.7 Å². The summed E-state index contributed by atoms with van der Waals surface area (Å²) in [6, 6.07) is 5.95. The van der Waals surface area contributed by atoms with E-state index in [-0.39, 0.29) is 11.4 Å². The van der Waals surface area contributed by atoms with Crippen molar-refractivity contribution in [3.8, 4) is 6.07 Å². The largest absolute Gasteiger partial charge is 0.352 e. The average molecular weight is 249 g/mol. The van der Waals surface area contributed by atoms with Gasteiger partial charge in [-0.2, -0.15) is 5.26 Å². The molecule has 0 spiro atoms. The molecular weight excluding hydrogens is 243 g/mol. The van der Waals surface area contributed by atoms with Crippen LogP contribution in [0.3, 0.4) is 0 Å². The zero-order chi connectivity index (χ0) is 13.1. The van der Waals surface area contributed by atoms with Crippen LogP contribution in [0.4, 0.5) is 24.5 Å². The van der Waals surface area contributed by atoms with Gasteiger partial charge >= 0.3 is 0 Å². The molecule has 1 aromatic carbocycles. The molecule has 2 aromatic rings. The van der Waals surface area contributed by atoms with Gasteiger partial charge in [-0.25, -0.2) is 18.2 Å². The van der Waals surface area contributed by atoms with Gasteiger partial charge in [-0.05, 0) is 12.1 Å². The van der Waals surface area contributed by atoms with E-state index in [4.69, 9.17) is 5.26 Å². The molecule has 0 aliphatic heterocycles. The number of pyridine rings is 1. The first-order valence-corrected chi connectivity index (χ1v) is 4.88. The Morgan fingerprint density at radius 3 is 2.56 bits per heavy atom. The summed E-state index contributed by atoms with van der Waals surface area (Å²) in [5.74, 6) is -3.35. The number of nitrogens with zero attached hydrogens (tertiary/aromatic N) is 2. The number of nitrogens with one attached hydrogen (secondary N) is 1. The third-order valence-corrected chi connectivity index (χ3v) is 2.15. The number of halogens is 3. The third-order valence-electron chi connectivity index (χ3n) is 2.15. The molecule has 0 aliphatic carbocycles. The van der Waals surface area contributed by atoms with Crippen LogP contribution in [0.2, 0.25) is 0 Å². The highest BCUT2D eigenvalue weighted by Crippen LogP contribution is 2.22. The first-order chi connectivity index (χ1) is 8.60. The summed E-state index contributed by atoms with van der Waals surface area (Å²) in [6.45, 7) is 0. The zero-order valence-corrected chi connectivity index (χ0v) is 8.92. The van der Waals surface area contributed by atoms with E-state index in [1.54, 1.807) is 0 Å². The van der Waals surface area contributed by atoms with E-state index in [9.17, 15) is 13.2 Å². The number of benzene rings is 1. The molecule has 0 bridgehead atoms. The molecule has 1 aromatic heterocycles. The lowest BCUT2D eigenvalue weighted by atomic mass is 10.2. The summed E-state index contributed by atoms with van der Waals surface area (Å²) in [5.41, 5.74) is 0.170. The highest BCUT2D eigenvalue weighted by atomic mass is 19.2. The number of rotatable bonds is 2. The normalized spacial score (nSPS) is 9.89. The molecule has 0 unspecified atom stereocenters. The molecule has 0 amide bonds. The fourth-order valence-electron chi connectivity index (χ4n) is 1.34. The van der Waals surface area contributed by atoms with Crippen molar-refractivity contribution in [2.45, 2.75) is 0 Å². The Morgan fingerprint density at radius 2 is 1.94 bits per heavy atom. The van der Waals surface area contributed by atoms with E-state index in [1.807, 2.05) is 6.07 Å². The quantitative estimate of drug-likeness (QED) is 0.832. The summed E-state index contributed by atoms with van der Waals surface area (Å²) in [6.07, 6.45) is 1.26. The van der Waals surface area contributed by atoms with Crippen molar-refractivity contribution in [2.75, 3.05) is 5.32 Å². The Hall–Kier alpha value is -2.55. The summed E-state index contributed by atoms with van der Waals surface area (Å²) in [4.78, 5) is 3.73. The molecule has 6 heteroatoms. The molecule has 0 radical (unpaired) electrons. The van der Waals surface area contributed by atoms with Gasteiger partial charge in [0.1, 0.15) is 17.6 Å². The Morgan fingerprint density at radius 1 is 1.17 bits per heavy atom. The minimum atomic E-state index is -1.28. The van der Waals surface area contributed by atoms with E-state index in [0.717, 1.165) is 6.07 Å². The van der Waals surface area contributed by atoms with Crippen LogP contribution in [0.15, 0.2) is 30.5 Å². The summed E-state index contributed by atoms with van der Waals surface area (Å²) < 4.78 is 39.2. The molecule has 0 atom stereocenters. The van der Waals surface area contributed by atoms with E-state index < -0.39 is 17.5 Å². The van der Waals surface area contributed by atoms with Crippen LogP contribution in [-0.2, 0) is 0 Å². The smallest absolute Gasteiger partial charge is 0.182 e. The van der Waals surface area contributed by atoms with E-state index in [0.29, 0.717) is 11.8 Å². The monoisotopic (exact) mass is 249 g/mol. The van der Waals surface area contributed by atoms with Crippen molar-refractivity contribution in [3.05, 3.63) is 53.6 Å². The van der Waals surface area contributed by atoms with Crippen LogP contribution >= 0.6 is 0 Å². The fraction of sp³-hybridized carbons (Fsp3) is 0. The first-order valence-electron chi connectivity index (χ1n) is 4.88. The van der Waals surface area contributed by atoms with Crippen molar-refractivity contribution in [3.63, 3.8) is 0 Å². The van der Waals surface area contributed by atoms with Gasteiger partial charge in [-0.1, -0.05) is 0 Å². The van der Waals surface area contributed by atoms with Crippen molar-refractivity contribution in [2.24, 2.45) is 0 Å². The van der Waals surface area contributed by atoms with Crippen LogP contribution in [0.25, 0.3) is 0 Å². The Labute approximate surface area is 101 Å². The zero-order valence-electron chi connectivity index (χ0n) is 8.92. The molecule has 2 rings (SSSR count). The van der Waals surface area contributed by atoms with Gasteiger partial charge < -0.3 is 5.32 Å². The SMILES string of the molecule is N#Cc1ccc(Nc2cc(F)cc(F)c2F)cn1. The summed E-state index contributed by atoms with van der Waals surface area (Å²) in [7, 11) is 0. The van der Waals surface area contributed by atoms with Crippen LogP contribution in [0.5, 0.6) is 0 Å². The van der Waals surface area contributed by atoms with Crippen molar-refractivity contribution < 1.29 is 13.2 Å². The van der Waals surface area contributed by atoms with Gasteiger partial charge in [-0.15, -0.1) is 0 Å². The number of hydrogen-bond donors (Lipinski definition) is 1. The Kier molecular flexibility index (Phi) is 3.15. The van der Waals surface area contributed by atoms with Crippen LogP contribution in [0, 0.1) is 28.8 Å². The van der Waals surface area contributed by atoms with Crippen LogP contribution in [-0.4, -0.2) is 4.98 Å². The molecule has 0 saturated heterocycles. The van der Waals surface area contributed by atoms with Gasteiger partial charge in [0, 0.05) is 12.1 Å². The minimum Gasteiger partial charge on any atom is -0.352 e. The van der Waals surface area contributed by atoms with E-state index in [2.05, 4.69) is 10.3 Å². The van der Waals surface area contributed by atoms with Gasteiger partial charge in [-0.3, -0.25) is 0 Å². The maximum Gasteiger partial charge on any atom is 0.182 e. The molecule has 0 aliphatic rings. The summed E-state index contributed by atoms with van der Waals surface area (Å²) in [5, 5.41) is 11.0. The maximum absolute atomic E-state index is 13.3. The first kappa shape index (κ1) is 11.9. The number of hydrogen-bond acceptors (Lipinski definition) is 3.